The summed E-state index contributed by atoms with van der Waals surface area (Å²) in [6.45, 7) is 7.17. The fraction of sp³-hybridized carbons (Fsp3) is 0.250. The Hall–Kier alpha value is -3.03. The van der Waals surface area contributed by atoms with Crippen molar-refractivity contribution >= 4 is 35.1 Å². The van der Waals surface area contributed by atoms with Crippen molar-refractivity contribution in [2.75, 3.05) is 17.2 Å². The van der Waals surface area contributed by atoms with E-state index in [1.807, 2.05) is 65.2 Å². The number of amides is 1. The summed E-state index contributed by atoms with van der Waals surface area (Å²) >= 11 is 3.29. The number of aryl methyl sites for hydroxylation is 2. The van der Waals surface area contributed by atoms with E-state index in [1.54, 1.807) is 0 Å². The Morgan fingerprint density at radius 1 is 1.00 bits per heavy atom. The van der Waals surface area contributed by atoms with Crippen LogP contribution in [0.4, 0.5) is 5.69 Å². The predicted octanol–water partition coefficient (Wildman–Crippen LogP) is 6.56. The minimum atomic E-state index is 0.0908. The molecule has 7 heteroatoms. The van der Waals surface area contributed by atoms with Crippen LogP contribution in [-0.4, -0.2) is 38.2 Å². The predicted molar refractivity (Wildman–Crippen MR) is 146 cm³/mol. The van der Waals surface area contributed by atoms with Crippen molar-refractivity contribution in [3.8, 4) is 17.1 Å². The molecule has 1 aliphatic rings. The molecule has 0 saturated heterocycles. The molecule has 0 aliphatic carbocycles. The molecule has 5 rings (SSSR count). The van der Waals surface area contributed by atoms with E-state index in [1.165, 1.54) is 27.8 Å². The average molecular weight is 501 g/mol. The normalized spacial score (nSPS) is 15.5. The molecule has 5 nitrogen and oxygen atoms in total. The molecule has 4 aromatic rings. The number of hydrogen-bond acceptors (Lipinski definition) is 5. The zero-order chi connectivity index (χ0) is 24.4. The molecule has 0 unspecified atom stereocenters. The number of rotatable bonds is 5. The molecular weight excluding hydrogens is 472 g/mol. The van der Waals surface area contributed by atoms with Gasteiger partial charge in [0.05, 0.1) is 17.1 Å². The molecule has 2 heterocycles. The number of para-hydroxylation sites is 1. The van der Waals surface area contributed by atoms with Gasteiger partial charge in [0.15, 0.2) is 11.0 Å². The lowest BCUT2D eigenvalue weighted by molar-refractivity contribution is -0.116. The molecular formula is C28H28N4OS2. The van der Waals surface area contributed by atoms with Crippen molar-refractivity contribution < 1.29 is 4.79 Å². The molecule has 35 heavy (non-hydrogen) atoms. The summed E-state index contributed by atoms with van der Waals surface area (Å²) in [6.07, 6.45) is 0.965. The largest absolute Gasteiger partial charge is 0.311 e. The van der Waals surface area contributed by atoms with Crippen LogP contribution in [0, 0.1) is 13.8 Å². The average Bonchev–Trinajstić information content (AvgIpc) is 3.21. The van der Waals surface area contributed by atoms with Gasteiger partial charge < -0.3 is 4.90 Å². The first-order chi connectivity index (χ1) is 17.0. The van der Waals surface area contributed by atoms with Crippen LogP contribution in [0.5, 0.6) is 0 Å². The van der Waals surface area contributed by atoms with E-state index < -0.39 is 0 Å². The first-order valence-corrected chi connectivity index (χ1v) is 13.6. The molecule has 0 bridgehead atoms. The smallest absolute Gasteiger partial charge is 0.237 e. The summed E-state index contributed by atoms with van der Waals surface area (Å²) in [4.78, 5) is 16.6. The molecule has 1 amide bonds. The van der Waals surface area contributed by atoms with Gasteiger partial charge in [0, 0.05) is 22.3 Å². The summed E-state index contributed by atoms with van der Waals surface area (Å²) < 4.78 is 2.06. The van der Waals surface area contributed by atoms with Crippen LogP contribution in [0.25, 0.3) is 17.1 Å². The Bertz CT molecular complexity index is 1350. The van der Waals surface area contributed by atoms with Crippen LogP contribution in [0.3, 0.4) is 0 Å². The van der Waals surface area contributed by atoms with E-state index in [0.29, 0.717) is 16.2 Å². The van der Waals surface area contributed by atoms with E-state index in [4.69, 9.17) is 0 Å². The summed E-state index contributed by atoms with van der Waals surface area (Å²) in [5.74, 6) is 1.16. The van der Waals surface area contributed by atoms with Crippen LogP contribution >= 0.6 is 23.5 Å². The molecule has 0 radical (unpaired) electrons. The number of thioether (sulfide) groups is 2. The Morgan fingerprint density at radius 3 is 2.57 bits per heavy atom. The number of hydrogen-bond donors (Lipinski definition) is 0. The first kappa shape index (κ1) is 23.7. The zero-order valence-electron chi connectivity index (χ0n) is 20.1. The molecule has 0 fully saturated rings. The van der Waals surface area contributed by atoms with Crippen LogP contribution < -0.4 is 4.90 Å². The Labute approximate surface area is 215 Å². The summed E-state index contributed by atoms with van der Waals surface area (Å²) in [5, 5.41) is 10.2. The third kappa shape index (κ3) is 5.02. The summed E-state index contributed by atoms with van der Waals surface area (Å²) in [5.41, 5.74) is 5.43. The highest BCUT2D eigenvalue weighted by molar-refractivity contribution is 8.00. The van der Waals surface area contributed by atoms with E-state index in [9.17, 15) is 4.79 Å². The first-order valence-electron chi connectivity index (χ1n) is 11.8. The van der Waals surface area contributed by atoms with Gasteiger partial charge in [0.2, 0.25) is 5.91 Å². The van der Waals surface area contributed by atoms with Gasteiger partial charge in [-0.15, -0.1) is 22.0 Å². The van der Waals surface area contributed by atoms with E-state index >= 15 is 0 Å². The van der Waals surface area contributed by atoms with Gasteiger partial charge in [-0.2, -0.15) is 0 Å². The number of aromatic nitrogens is 3. The van der Waals surface area contributed by atoms with Crippen molar-refractivity contribution in [1.29, 1.82) is 0 Å². The maximum absolute atomic E-state index is 13.5. The van der Waals surface area contributed by atoms with Crippen LogP contribution in [0.15, 0.2) is 82.8 Å². The topological polar surface area (TPSA) is 51.0 Å². The Morgan fingerprint density at radius 2 is 1.77 bits per heavy atom. The van der Waals surface area contributed by atoms with Gasteiger partial charge in [0.1, 0.15) is 0 Å². The monoisotopic (exact) mass is 500 g/mol. The van der Waals surface area contributed by atoms with Crippen molar-refractivity contribution in [2.45, 2.75) is 42.5 Å². The molecule has 0 saturated carbocycles. The van der Waals surface area contributed by atoms with Crippen molar-refractivity contribution in [1.82, 2.24) is 14.8 Å². The Balaban J connectivity index is 1.45. The molecule has 1 atom stereocenters. The molecule has 178 valence electrons. The van der Waals surface area contributed by atoms with Gasteiger partial charge in [-0.1, -0.05) is 67.2 Å². The molecule has 0 N–H and O–H groups in total. The SMILES string of the molecule is Cc1ccc(-n2c(SCC(=O)N3CC[C@@H](C)Sc4ccccc43)nnc2-c2ccccc2)cc1C. The van der Waals surface area contributed by atoms with Gasteiger partial charge in [-0.3, -0.25) is 9.36 Å². The lowest BCUT2D eigenvalue weighted by atomic mass is 10.1. The minimum absolute atomic E-state index is 0.0908. The minimum Gasteiger partial charge on any atom is -0.311 e. The molecule has 1 aromatic heterocycles. The van der Waals surface area contributed by atoms with Gasteiger partial charge in [0.25, 0.3) is 0 Å². The number of carbonyl (C=O) groups is 1. The number of carbonyl (C=O) groups excluding carboxylic acids is 1. The highest BCUT2D eigenvalue weighted by atomic mass is 32.2. The summed E-state index contributed by atoms with van der Waals surface area (Å²) in [6, 6.07) is 24.6. The van der Waals surface area contributed by atoms with Gasteiger partial charge in [-0.25, -0.2) is 0 Å². The fourth-order valence-corrected chi connectivity index (χ4v) is 6.13. The third-order valence-electron chi connectivity index (χ3n) is 6.28. The third-order valence-corrected chi connectivity index (χ3v) is 8.43. The quantitative estimate of drug-likeness (QED) is 0.291. The maximum atomic E-state index is 13.5. The van der Waals surface area contributed by atoms with Gasteiger partial charge >= 0.3 is 0 Å². The van der Waals surface area contributed by atoms with E-state index in [0.717, 1.165) is 35.7 Å². The zero-order valence-corrected chi connectivity index (χ0v) is 21.8. The van der Waals surface area contributed by atoms with E-state index in [-0.39, 0.29) is 5.91 Å². The highest BCUT2D eigenvalue weighted by Gasteiger charge is 2.25. The number of fused-ring (bicyclic) bond motifs is 1. The van der Waals surface area contributed by atoms with Crippen molar-refractivity contribution in [3.05, 3.63) is 83.9 Å². The van der Waals surface area contributed by atoms with Crippen molar-refractivity contribution in [3.63, 3.8) is 0 Å². The van der Waals surface area contributed by atoms with Gasteiger partial charge in [-0.05, 0) is 55.7 Å². The second-order valence-corrected chi connectivity index (χ2v) is 11.2. The molecule has 0 spiro atoms. The number of nitrogens with zero attached hydrogens (tertiary/aromatic N) is 4. The second kappa shape index (κ2) is 10.3. The second-order valence-electron chi connectivity index (χ2n) is 8.80. The maximum Gasteiger partial charge on any atom is 0.237 e. The van der Waals surface area contributed by atoms with Crippen molar-refractivity contribution in [2.24, 2.45) is 0 Å². The fourth-order valence-electron chi connectivity index (χ4n) is 4.19. The van der Waals surface area contributed by atoms with Crippen LogP contribution in [-0.2, 0) is 4.79 Å². The summed E-state index contributed by atoms with van der Waals surface area (Å²) in [7, 11) is 0. The van der Waals surface area contributed by atoms with Crippen LogP contribution in [0.2, 0.25) is 0 Å². The molecule has 1 aliphatic heterocycles. The highest BCUT2D eigenvalue weighted by Crippen LogP contribution is 2.38. The standard InChI is InChI=1S/C28H28N4OS2/c1-19-13-14-23(17-20(19)2)32-27(22-9-5-4-6-10-22)29-30-28(32)34-18-26(33)31-16-15-21(3)35-25-12-8-7-11-24(25)31/h4-14,17,21H,15-16,18H2,1-3H3/t21-/m1/s1. The molecule has 3 aromatic carbocycles. The lowest BCUT2D eigenvalue weighted by Gasteiger charge is -2.22. The lowest BCUT2D eigenvalue weighted by Crippen LogP contribution is -2.33. The van der Waals surface area contributed by atoms with E-state index in [2.05, 4.69) is 59.8 Å². The number of benzene rings is 3. The number of anilines is 1. The van der Waals surface area contributed by atoms with Crippen LogP contribution in [0.1, 0.15) is 24.5 Å². The Kier molecular flexibility index (Phi) is 6.97.